The number of hydrogen-bond donors (Lipinski definition) is 0. The normalized spacial score (nSPS) is 15.2. The summed E-state index contributed by atoms with van der Waals surface area (Å²) in [7, 11) is 0. The van der Waals surface area contributed by atoms with Gasteiger partial charge < -0.3 is 19.7 Å². The third kappa shape index (κ3) is 3.46. The molecular weight excluding hydrogens is 263 g/mol. The molecule has 0 aliphatic carbocycles. The fourth-order valence-corrected chi connectivity index (χ4v) is 2.27. The smallest absolute Gasteiger partial charge is 0.223 e. The van der Waals surface area contributed by atoms with Gasteiger partial charge in [0.05, 0.1) is 5.69 Å². The number of carboxylic acid groups (broad SMARTS) is 1. The van der Waals surface area contributed by atoms with Crippen LogP contribution in [-0.4, -0.2) is 43.0 Å². The SMILES string of the molecule is O=C([O-])CCC(=O)N1CCN(c2ccccc2F)CC1. The second-order valence-electron chi connectivity index (χ2n) is 4.69. The molecule has 0 spiro atoms. The highest BCUT2D eigenvalue weighted by atomic mass is 19.1. The predicted molar refractivity (Wildman–Crippen MR) is 69.4 cm³/mol. The third-order valence-corrected chi connectivity index (χ3v) is 3.37. The number of amides is 1. The van der Waals surface area contributed by atoms with Crippen LogP contribution in [0.5, 0.6) is 0 Å². The Hall–Kier alpha value is -2.11. The standard InChI is InChI=1S/C14H17FN2O3/c15-11-3-1-2-4-12(11)16-7-9-17(10-8-16)13(18)5-6-14(19)20/h1-4H,5-10H2,(H,19,20)/p-1. The highest BCUT2D eigenvalue weighted by molar-refractivity contribution is 5.80. The van der Waals surface area contributed by atoms with Gasteiger partial charge in [0, 0.05) is 38.6 Å². The second-order valence-corrected chi connectivity index (χ2v) is 4.69. The molecule has 1 fully saturated rings. The van der Waals surface area contributed by atoms with Gasteiger partial charge in [-0.25, -0.2) is 4.39 Å². The van der Waals surface area contributed by atoms with E-state index < -0.39 is 5.97 Å². The van der Waals surface area contributed by atoms with Crippen molar-refractivity contribution < 1.29 is 19.1 Å². The third-order valence-electron chi connectivity index (χ3n) is 3.37. The molecular formula is C14H16FN2O3-. The van der Waals surface area contributed by atoms with Gasteiger partial charge in [-0.05, 0) is 18.6 Å². The molecule has 1 aliphatic heterocycles. The van der Waals surface area contributed by atoms with Crippen molar-refractivity contribution in [1.29, 1.82) is 0 Å². The summed E-state index contributed by atoms with van der Waals surface area (Å²) in [5.74, 6) is -1.69. The van der Waals surface area contributed by atoms with E-state index in [2.05, 4.69) is 0 Å². The lowest BCUT2D eigenvalue weighted by Crippen LogP contribution is -2.49. The number of nitrogens with zero attached hydrogens (tertiary/aromatic N) is 2. The highest BCUT2D eigenvalue weighted by Gasteiger charge is 2.22. The van der Waals surface area contributed by atoms with Gasteiger partial charge in [-0.15, -0.1) is 0 Å². The lowest BCUT2D eigenvalue weighted by atomic mass is 10.2. The second kappa shape index (κ2) is 6.36. The number of carbonyl (C=O) groups excluding carboxylic acids is 2. The van der Waals surface area contributed by atoms with Gasteiger partial charge in [0.25, 0.3) is 0 Å². The van der Waals surface area contributed by atoms with Crippen LogP contribution in [0.25, 0.3) is 0 Å². The molecule has 20 heavy (non-hydrogen) atoms. The summed E-state index contributed by atoms with van der Waals surface area (Å²) in [5.41, 5.74) is 0.536. The zero-order valence-electron chi connectivity index (χ0n) is 11.0. The first-order chi connectivity index (χ1) is 9.58. The Morgan fingerprint density at radius 1 is 1.10 bits per heavy atom. The van der Waals surface area contributed by atoms with Crippen LogP contribution in [-0.2, 0) is 9.59 Å². The minimum atomic E-state index is -1.22. The van der Waals surface area contributed by atoms with Crippen LogP contribution >= 0.6 is 0 Å². The first-order valence-electron chi connectivity index (χ1n) is 6.55. The van der Waals surface area contributed by atoms with E-state index in [9.17, 15) is 19.1 Å². The topological polar surface area (TPSA) is 63.7 Å². The van der Waals surface area contributed by atoms with Gasteiger partial charge in [0.2, 0.25) is 5.91 Å². The number of piperazine rings is 1. The molecule has 0 aromatic heterocycles. The number of anilines is 1. The number of rotatable bonds is 4. The molecule has 1 amide bonds. The van der Waals surface area contributed by atoms with Crippen LogP contribution < -0.4 is 10.0 Å². The molecule has 0 N–H and O–H groups in total. The van der Waals surface area contributed by atoms with E-state index in [1.54, 1.807) is 23.1 Å². The van der Waals surface area contributed by atoms with Crippen LogP contribution in [0.2, 0.25) is 0 Å². The van der Waals surface area contributed by atoms with E-state index in [0.29, 0.717) is 31.9 Å². The largest absolute Gasteiger partial charge is 0.550 e. The summed E-state index contributed by atoms with van der Waals surface area (Å²) in [6.07, 6.45) is -0.297. The average molecular weight is 279 g/mol. The number of aliphatic carboxylic acids is 1. The van der Waals surface area contributed by atoms with Crippen LogP contribution in [0, 0.1) is 5.82 Å². The first-order valence-corrected chi connectivity index (χ1v) is 6.55. The van der Waals surface area contributed by atoms with Crippen molar-refractivity contribution >= 4 is 17.6 Å². The molecule has 1 aromatic carbocycles. The molecule has 0 bridgehead atoms. The number of carboxylic acids is 1. The maximum Gasteiger partial charge on any atom is 0.223 e. The van der Waals surface area contributed by atoms with Crippen LogP contribution in [0.15, 0.2) is 24.3 Å². The number of halogens is 1. The highest BCUT2D eigenvalue weighted by Crippen LogP contribution is 2.20. The van der Waals surface area contributed by atoms with Crippen molar-refractivity contribution in [1.82, 2.24) is 4.90 Å². The number of hydrogen-bond acceptors (Lipinski definition) is 4. The van der Waals surface area contributed by atoms with Crippen molar-refractivity contribution in [3.05, 3.63) is 30.1 Å². The van der Waals surface area contributed by atoms with E-state index in [1.165, 1.54) is 6.07 Å². The Bertz CT molecular complexity index is 499. The van der Waals surface area contributed by atoms with Crippen LogP contribution in [0.3, 0.4) is 0 Å². The molecule has 2 rings (SSSR count). The van der Waals surface area contributed by atoms with Crippen molar-refractivity contribution in [2.45, 2.75) is 12.8 Å². The Labute approximate surface area is 116 Å². The average Bonchev–Trinajstić information content (AvgIpc) is 2.45. The molecule has 0 atom stereocenters. The monoisotopic (exact) mass is 279 g/mol. The first kappa shape index (κ1) is 14.3. The Balaban J connectivity index is 1.88. The summed E-state index contributed by atoms with van der Waals surface area (Å²) < 4.78 is 13.6. The van der Waals surface area contributed by atoms with E-state index in [-0.39, 0.29) is 24.6 Å². The summed E-state index contributed by atoms with van der Waals surface area (Å²) in [4.78, 5) is 25.6. The lowest BCUT2D eigenvalue weighted by Gasteiger charge is -2.36. The zero-order chi connectivity index (χ0) is 14.5. The van der Waals surface area contributed by atoms with Crippen molar-refractivity contribution in [3.8, 4) is 0 Å². The summed E-state index contributed by atoms with van der Waals surface area (Å²) in [6, 6.07) is 6.53. The fraction of sp³-hybridized carbons (Fsp3) is 0.429. The zero-order valence-corrected chi connectivity index (χ0v) is 11.0. The molecule has 0 radical (unpaired) electrons. The van der Waals surface area contributed by atoms with Crippen molar-refractivity contribution in [2.75, 3.05) is 31.1 Å². The van der Waals surface area contributed by atoms with Gasteiger partial charge in [0.1, 0.15) is 5.82 Å². The van der Waals surface area contributed by atoms with Gasteiger partial charge in [0.15, 0.2) is 0 Å². The Kier molecular flexibility index (Phi) is 4.55. The summed E-state index contributed by atoms with van der Waals surface area (Å²) >= 11 is 0. The van der Waals surface area contributed by atoms with Gasteiger partial charge in [-0.2, -0.15) is 0 Å². The van der Waals surface area contributed by atoms with E-state index in [0.717, 1.165) is 0 Å². The van der Waals surface area contributed by atoms with Crippen molar-refractivity contribution in [2.24, 2.45) is 0 Å². The molecule has 6 heteroatoms. The minimum absolute atomic E-state index is 0.0397. The van der Waals surface area contributed by atoms with E-state index in [4.69, 9.17) is 0 Å². The summed E-state index contributed by atoms with van der Waals surface area (Å²) in [6.45, 7) is 2.02. The minimum Gasteiger partial charge on any atom is -0.550 e. The molecule has 0 saturated carbocycles. The molecule has 1 saturated heterocycles. The number of para-hydroxylation sites is 1. The molecule has 1 heterocycles. The van der Waals surface area contributed by atoms with Crippen molar-refractivity contribution in [3.63, 3.8) is 0 Å². The van der Waals surface area contributed by atoms with Gasteiger partial charge in [-0.3, -0.25) is 4.79 Å². The molecule has 1 aliphatic rings. The molecule has 5 nitrogen and oxygen atoms in total. The fourth-order valence-electron chi connectivity index (χ4n) is 2.27. The Morgan fingerprint density at radius 2 is 1.75 bits per heavy atom. The molecule has 0 unspecified atom stereocenters. The summed E-state index contributed by atoms with van der Waals surface area (Å²) in [5, 5.41) is 10.3. The Morgan fingerprint density at radius 3 is 2.35 bits per heavy atom. The maximum absolute atomic E-state index is 13.6. The van der Waals surface area contributed by atoms with Gasteiger partial charge >= 0.3 is 0 Å². The van der Waals surface area contributed by atoms with E-state index in [1.807, 2.05) is 4.90 Å². The quantitative estimate of drug-likeness (QED) is 0.778. The lowest BCUT2D eigenvalue weighted by molar-refractivity contribution is -0.305. The maximum atomic E-state index is 13.6. The van der Waals surface area contributed by atoms with Crippen LogP contribution in [0.4, 0.5) is 10.1 Å². The van der Waals surface area contributed by atoms with Crippen LogP contribution in [0.1, 0.15) is 12.8 Å². The molecule has 108 valence electrons. The number of carbonyl (C=O) groups is 2. The predicted octanol–water partition coefficient (Wildman–Crippen LogP) is 0.00440. The van der Waals surface area contributed by atoms with Gasteiger partial charge in [-0.1, -0.05) is 12.1 Å². The number of benzene rings is 1. The van der Waals surface area contributed by atoms with E-state index >= 15 is 0 Å². The molecule has 1 aromatic rings.